The van der Waals surface area contributed by atoms with Crippen LogP contribution in [0.15, 0.2) is 10.9 Å². The van der Waals surface area contributed by atoms with Gasteiger partial charge in [-0.05, 0) is 0 Å². The zero-order valence-electron chi connectivity index (χ0n) is 8.88. The summed E-state index contributed by atoms with van der Waals surface area (Å²) < 4.78 is 4.63. The number of carbonyl (C=O) groups is 2. The molecular weight excluding hydrogens is 228 g/mol. The van der Waals surface area contributed by atoms with Gasteiger partial charge >= 0.3 is 5.97 Å². The monoisotopic (exact) mass is 240 g/mol. The van der Waals surface area contributed by atoms with Crippen molar-refractivity contribution in [3.63, 3.8) is 0 Å². The standard InChI is InChI=1S/C10H12N2O3S/c1-15-10(14)7-2-9(13)12(3-7)4-8-5-16-6-11-8/h5-7H,2-4H2,1H3. The molecule has 6 heteroatoms. The van der Waals surface area contributed by atoms with Crippen LogP contribution in [0.25, 0.3) is 0 Å². The second kappa shape index (κ2) is 4.61. The molecule has 1 aromatic heterocycles. The average molecular weight is 240 g/mol. The van der Waals surface area contributed by atoms with Gasteiger partial charge in [0.15, 0.2) is 0 Å². The number of ether oxygens (including phenoxy) is 1. The minimum absolute atomic E-state index is 0.0107. The van der Waals surface area contributed by atoms with E-state index in [4.69, 9.17) is 0 Å². The molecule has 1 amide bonds. The molecule has 0 N–H and O–H groups in total. The van der Waals surface area contributed by atoms with Crippen LogP contribution in [0.1, 0.15) is 12.1 Å². The molecule has 1 aliphatic rings. The number of carbonyl (C=O) groups excluding carboxylic acids is 2. The van der Waals surface area contributed by atoms with Crippen LogP contribution in [0, 0.1) is 5.92 Å². The number of esters is 1. The molecule has 1 aromatic rings. The minimum Gasteiger partial charge on any atom is -0.469 e. The molecule has 0 spiro atoms. The normalized spacial score (nSPS) is 20.2. The Morgan fingerprint density at radius 2 is 2.56 bits per heavy atom. The molecular formula is C10H12N2O3S. The van der Waals surface area contributed by atoms with Crippen LogP contribution in [0.4, 0.5) is 0 Å². The minimum atomic E-state index is -0.323. The summed E-state index contributed by atoms with van der Waals surface area (Å²) in [6.45, 7) is 0.916. The molecule has 0 saturated carbocycles. The highest BCUT2D eigenvalue weighted by molar-refractivity contribution is 7.07. The topological polar surface area (TPSA) is 59.5 Å². The van der Waals surface area contributed by atoms with Gasteiger partial charge in [-0.3, -0.25) is 9.59 Å². The smallest absolute Gasteiger partial charge is 0.310 e. The SMILES string of the molecule is COC(=O)C1CC(=O)N(Cc2cscn2)C1. The van der Waals surface area contributed by atoms with E-state index in [1.54, 1.807) is 10.4 Å². The van der Waals surface area contributed by atoms with E-state index in [-0.39, 0.29) is 24.2 Å². The highest BCUT2D eigenvalue weighted by atomic mass is 32.1. The number of hydrogen-bond donors (Lipinski definition) is 0. The van der Waals surface area contributed by atoms with E-state index < -0.39 is 0 Å². The molecule has 16 heavy (non-hydrogen) atoms. The lowest BCUT2D eigenvalue weighted by Crippen LogP contribution is -2.26. The summed E-state index contributed by atoms with van der Waals surface area (Å²) in [5.41, 5.74) is 2.59. The highest BCUT2D eigenvalue weighted by Crippen LogP contribution is 2.21. The third-order valence-corrected chi connectivity index (χ3v) is 3.22. The molecule has 0 radical (unpaired) electrons. The van der Waals surface area contributed by atoms with Crippen molar-refractivity contribution in [2.45, 2.75) is 13.0 Å². The first-order chi connectivity index (χ1) is 7.70. The summed E-state index contributed by atoms with van der Waals surface area (Å²) in [6.07, 6.45) is 0.247. The number of amides is 1. The second-order valence-electron chi connectivity index (χ2n) is 3.68. The Labute approximate surface area is 97.0 Å². The van der Waals surface area contributed by atoms with Crippen LogP contribution in [0.2, 0.25) is 0 Å². The fourth-order valence-corrected chi connectivity index (χ4v) is 2.31. The Hall–Kier alpha value is -1.43. The van der Waals surface area contributed by atoms with Crippen LogP contribution < -0.4 is 0 Å². The van der Waals surface area contributed by atoms with Crippen molar-refractivity contribution in [2.24, 2.45) is 5.92 Å². The van der Waals surface area contributed by atoms with Gasteiger partial charge in [-0.25, -0.2) is 4.98 Å². The Morgan fingerprint density at radius 3 is 3.19 bits per heavy atom. The van der Waals surface area contributed by atoms with E-state index >= 15 is 0 Å². The van der Waals surface area contributed by atoms with Gasteiger partial charge in [-0.15, -0.1) is 11.3 Å². The van der Waals surface area contributed by atoms with Crippen LogP contribution >= 0.6 is 11.3 Å². The van der Waals surface area contributed by atoms with Crippen molar-refractivity contribution < 1.29 is 14.3 Å². The van der Waals surface area contributed by atoms with Crippen molar-refractivity contribution in [1.82, 2.24) is 9.88 Å². The maximum Gasteiger partial charge on any atom is 0.310 e. The quantitative estimate of drug-likeness (QED) is 0.728. The highest BCUT2D eigenvalue weighted by Gasteiger charge is 2.35. The first-order valence-corrected chi connectivity index (χ1v) is 5.87. The Balaban J connectivity index is 1.97. The van der Waals surface area contributed by atoms with E-state index in [2.05, 4.69) is 9.72 Å². The van der Waals surface area contributed by atoms with Crippen molar-refractivity contribution >= 4 is 23.2 Å². The summed E-state index contributed by atoms with van der Waals surface area (Å²) in [5, 5.41) is 1.90. The van der Waals surface area contributed by atoms with Gasteiger partial charge in [0.05, 0.1) is 30.8 Å². The zero-order valence-corrected chi connectivity index (χ0v) is 9.70. The maximum atomic E-state index is 11.6. The maximum absolute atomic E-state index is 11.6. The molecule has 0 aliphatic carbocycles. The molecule has 0 aromatic carbocycles. The molecule has 2 rings (SSSR count). The third-order valence-electron chi connectivity index (χ3n) is 2.59. The lowest BCUT2D eigenvalue weighted by atomic mass is 10.1. The number of thiazole rings is 1. The second-order valence-corrected chi connectivity index (χ2v) is 4.40. The molecule has 86 valence electrons. The summed E-state index contributed by atoms with van der Waals surface area (Å²) >= 11 is 1.50. The van der Waals surface area contributed by atoms with E-state index in [9.17, 15) is 9.59 Å². The molecule has 1 atom stereocenters. The van der Waals surface area contributed by atoms with E-state index in [0.717, 1.165) is 5.69 Å². The average Bonchev–Trinajstić information content (AvgIpc) is 2.89. The summed E-state index contributed by atoms with van der Waals surface area (Å²) in [5.74, 6) is -0.645. The largest absolute Gasteiger partial charge is 0.469 e. The lowest BCUT2D eigenvalue weighted by Gasteiger charge is -2.14. The van der Waals surface area contributed by atoms with Crippen LogP contribution in [-0.2, 0) is 20.9 Å². The van der Waals surface area contributed by atoms with Gasteiger partial charge in [-0.1, -0.05) is 0 Å². The summed E-state index contributed by atoms with van der Waals surface area (Å²) in [6, 6.07) is 0. The first kappa shape index (κ1) is 11.1. The predicted molar refractivity (Wildman–Crippen MR) is 57.7 cm³/mol. The van der Waals surface area contributed by atoms with Gasteiger partial charge in [0.2, 0.25) is 5.91 Å². The van der Waals surface area contributed by atoms with E-state index in [1.165, 1.54) is 18.4 Å². The number of methoxy groups -OCH3 is 1. The van der Waals surface area contributed by atoms with Gasteiger partial charge in [0.25, 0.3) is 0 Å². The molecule has 1 unspecified atom stereocenters. The van der Waals surface area contributed by atoms with Gasteiger partial charge in [0, 0.05) is 18.3 Å². The van der Waals surface area contributed by atoms with Crippen molar-refractivity contribution in [2.75, 3.05) is 13.7 Å². The van der Waals surface area contributed by atoms with Gasteiger partial charge in [-0.2, -0.15) is 0 Å². The molecule has 2 heterocycles. The number of nitrogens with zero attached hydrogens (tertiary/aromatic N) is 2. The lowest BCUT2D eigenvalue weighted by molar-refractivity contribution is -0.145. The Morgan fingerprint density at radius 1 is 1.75 bits per heavy atom. The number of hydrogen-bond acceptors (Lipinski definition) is 5. The van der Waals surface area contributed by atoms with Crippen LogP contribution in [-0.4, -0.2) is 35.4 Å². The fourth-order valence-electron chi connectivity index (χ4n) is 1.76. The Kier molecular flexibility index (Phi) is 3.19. The first-order valence-electron chi connectivity index (χ1n) is 4.93. The van der Waals surface area contributed by atoms with Crippen LogP contribution in [0.3, 0.4) is 0 Å². The number of rotatable bonds is 3. The number of aromatic nitrogens is 1. The molecule has 1 fully saturated rings. The van der Waals surface area contributed by atoms with Gasteiger partial charge in [0.1, 0.15) is 0 Å². The van der Waals surface area contributed by atoms with E-state index in [1.807, 2.05) is 5.38 Å². The van der Waals surface area contributed by atoms with Crippen molar-refractivity contribution in [3.8, 4) is 0 Å². The van der Waals surface area contributed by atoms with E-state index in [0.29, 0.717) is 13.1 Å². The fraction of sp³-hybridized carbons (Fsp3) is 0.500. The van der Waals surface area contributed by atoms with Crippen LogP contribution in [0.5, 0.6) is 0 Å². The third kappa shape index (κ3) is 2.21. The Bertz CT molecular complexity index is 391. The molecule has 1 aliphatic heterocycles. The molecule has 0 bridgehead atoms. The molecule has 1 saturated heterocycles. The van der Waals surface area contributed by atoms with Crippen molar-refractivity contribution in [1.29, 1.82) is 0 Å². The van der Waals surface area contributed by atoms with Crippen molar-refractivity contribution in [3.05, 3.63) is 16.6 Å². The summed E-state index contributed by atoms with van der Waals surface area (Å²) in [7, 11) is 1.34. The van der Waals surface area contributed by atoms with Gasteiger partial charge < -0.3 is 9.64 Å². The summed E-state index contributed by atoms with van der Waals surface area (Å²) in [4.78, 5) is 28.7. The predicted octanol–water partition coefficient (Wildman–Crippen LogP) is 0.665. The molecule has 5 nitrogen and oxygen atoms in total. The number of likely N-dealkylation sites (tertiary alicyclic amines) is 1. The zero-order chi connectivity index (χ0) is 11.5.